The van der Waals surface area contributed by atoms with Gasteiger partial charge in [0.1, 0.15) is 0 Å². The summed E-state index contributed by atoms with van der Waals surface area (Å²) in [6, 6.07) is 13.8. The van der Waals surface area contributed by atoms with Gasteiger partial charge in [-0.25, -0.2) is 0 Å². The summed E-state index contributed by atoms with van der Waals surface area (Å²) in [6.45, 7) is 2.54. The van der Waals surface area contributed by atoms with Gasteiger partial charge in [0.2, 0.25) is 0 Å². The van der Waals surface area contributed by atoms with Crippen molar-refractivity contribution >= 4 is 17.2 Å². The zero-order valence-corrected chi connectivity index (χ0v) is 15.3. The van der Waals surface area contributed by atoms with E-state index in [4.69, 9.17) is 4.52 Å². The van der Waals surface area contributed by atoms with Crippen molar-refractivity contribution in [3.05, 3.63) is 64.0 Å². The molecule has 3 aromatic rings. The Morgan fingerprint density at radius 1 is 1.28 bits per heavy atom. The van der Waals surface area contributed by atoms with Crippen molar-refractivity contribution in [3.8, 4) is 11.3 Å². The summed E-state index contributed by atoms with van der Waals surface area (Å²) in [5.74, 6) is 0.359. The maximum absolute atomic E-state index is 12.4. The maximum Gasteiger partial charge on any atom is 0.273 e. The molecule has 6 heteroatoms. The van der Waals surface area contributed by atoms with Crippen LogP contribution in [0.2, 0.25) is 0 Å². The quantitative estimate of drug-likeness (QED) is 0.732. The molecule has 0 saturated carbocycles. The number of hydrogen-bond donors (Lipinski definition) is 1. The van der Waals surface area contributed by atoms with E-state index in [2.05, 4.69) is 21.4 Å². The van der Waals surface area contributed by atoms with E-state index in [1.165, 1.54) is 10.4 Å². The van der Waals surface area contributed by atoms with Crippen LogP contribution in [0.4, 0.5) is 0 Å². The fourth-order valence-corrected chi connectivity index (χ4v) is 3.46. The van der Waals surface area contributed by atoms with E-state index in [1.807, 2.05) is 56.7 Å². The van der Waals surface area contributed by atoms with E-state index in [0.29, 0.717) is 18.0 Å². The second kappa shape index (κ2) is 7.63. The van der Waals surface area contributed by atoms with Gasteiger partial charge in [0.25, 0.3) is 5.91 Å². The molecule has 5 nitrogen and oxygen atoms in total. The van der Waals surface area contributed by atoms with Crippen LogP contribution in [0.3, 0.4) is 0 Å². The number of aromatic nitrogens is 1. The minimum Gasteiger partial charge on any atom is -0.355 e. The van der Waals surface area contributed by atoms with Crippen molar-refractivity contribution in [2.45, 2.75) is 13.0 Å². The summed E-state index contributed by atoms with van der Waals surface area (Å²) < 4.78 is 5.32. The van der Waals surface area contributed by atoms with Gasteiger partial charge in [-0.15, -0.1) is 11.3 Å². The number of hydrogen-bond acceptors (Lipinski definition) is 5. The minimum absolute atomic E-state index is 0.132. The van der Waals surface area contributed by atoms with Crippen LogP contribution in [0.15, 0.2) is 52.4 Å². The molecule has 0 aliphatic heterocycles. The zero-order chi connectivity index (χ0) is 17.8. The number of likely N-dealkylation sites (N-methyl/N-ethyl adjacent to an activating group) is 1. The minimum atomic E-state index is -0.231. The average Bonchev–Trinajstić information content (AvgIpc) is 3.27. The van der Waals surface area contributed by atoms with E-state index in [0.717, 1.165) is 5.56 Å². The molecule has 0 radical (unpaired) electrons. The summed E-state index contributed by atoms with van der Waals surface area (Å²) in [5.41, 5.74) is 2.37. The number of nitrogens with zero attached hydrogens (tertiary/aromatic N) is 2. The number of amides is 1. The molecule has 3 rings (SSSR count). The van der Waals surface area contributed by atoms with E-state index < -0.39 is 0 Å². The van der Waals surface area contributed by atoms with Gasteiger partial charge in [0.05, 0.1) is 6.04 Å². The molecule has 0 fully saturated rings. The molecule has 0 bridgehead atoms. The first-order valence-electron chi connectivity index (χ1n) is 8.06. The Hall–Kier alpha value is -2.44. The number of aryl methyl sites for hydroxylation is 1. The Labute approximate surface area is 151 Å². The van der Waals surface area contributed by atoms with Gasteiger partial charge >= 0.3 is 0 Å². The first-order chi connectivity index (χ1) is 12.0. The first-order valence-corrected chi connectivity index (χ1v) is 8.94. The summed E-state index contributed by atoms with van der Waals surface area (Å²) in [4.78, 5) is 15.7. The Morgan fingerprint density at radius 3 is 2.68 bits per heavy atom. The van der Waals surface area contributed by atoms with Gasteiger partial charge < -0.3 is 14.7 Å². The molecule has 0 spiro atoms. The monoisotopic (exact) mass is 355 g/mol. The highest BCUT2D eigenvalue weighted by atomic mass is 32.1. The fourth-order valence-electron chi connectivity index (χ4n) is 2.53. The van der Waals surface area contributed by atoms with Gasteiger partial charge in [-0.1, -0.05) is 41.1 Å². The van der Waals surface area contributed by atoms with Gasteiger partial charge in [0, 0.05) is 23.1 Å². The third-order valence-corrected chi connectivity index (χ3v) is 5.00. The van der Waals surface area contributed by atoms with Crippen molar-refractivity contribution in [1.29, 1.82) is 0 Å². The molecule has 1 amide bonds. The zero-order valence-electron chi connectivity index (χ0n) is 14.5. The molecule has 0 saturated heterocycles. The molecule has 0 unspecified atom stereocenters. The van der Waals surface area contributed by atoms with Crippen LogP contribution in [0, 0.1) is 6.92 Å². The van der Waals surface area contributed by atoms with Crippen LogP contribution in [0.5, 0.6) is 0 Å². The average molecular weight is 355 g/mol. The number of carbonyl (C=O) groups excluding carboxylic acids is 1. The Kier molecular flexibility index (Phi) is 5.31. The topological polar surface area (TPSA) is 58.4 Å². The summed E-state index contributed by atoms with van der Waals surface area (Å²) in [5, 5.41) is 8.89. The Morgan fingerprint density at radius 2 is 2.04 bits per heavy atom. The van der Waals surface area contributed by atoms with Crippen molar-refractivity contribution in [2.24, 2.45) is 0 Å². The van der Waals surface area contributed by atoms with Crippen LogP contribution in [0.25, 0.3) is 11.3 Å². The molecule has 25 heavy (non-hydrogen) atoms. The summed E-state index contributed by atoms with van der Waals surface area (Å²) in [7, 11) is 4.00. The number of carbonyl (C=O) groups is 1. The highest BCUT2D eigenvalue weighted by molar-refractivity contribution is 7.10. The number of rotatable bonds is 6. The maximum atomic E-state index is 12.4. The Bertz CT molecular complexity index is 823. The van der Waals surface area contributed by atoms with Crippen molar-refractivity contribution in [1.82, 2.24) is 15.4 Å². The highest BCUT2D eigenvalue weighted by Gasteiger charge is 2.19. The van der Waals surface area contributed by atoms with E-state index in [-0.39, 0.29) is 11.9 Å². The highest BCUT2D eigenvalue weighted by Crippen LogP contribution is 2.23. The van der Waals surface area contributed by atoms with Crippen molar-refractivity contribution in [3.63, 3.8) is 0 Å². The van der Waals surface area contributed by atoms with Crippen LogP contribution < -0.4 is 5.32 Å². The molecule has 1 aromatic carbocycles. The Balaban J connectivity index is 1.66. The van der Waals surface area contributed by atoms with Gasteiger partial charge in [-0.05, 0) is 32.5 Å². The van der Waals surface area contributed by atoms with Gasteiger partial charge in [-0.2, -0.15) is 0 Å². The first kappa shape index (κ1) is 17.4. The summed E-state index contributed by atoms with van der Waals surface area (Å²) in [6.07, 6.45) is 0. The smallest absolute Gasteiger partial charge is 0.273 e. The molecule has 2 aromatic heterocycles. The summed E-state index contributed by atoms with van der Waals surface area (Å²) >= 11 is 1.68. The fraction of sp³-hybridized carbons (Fsp3) is 0.263. The number of thiophene rings is 1. The van der Waals surface area contributed by atoms with Crippen LogP contribution in [-0.2, 0) is 0 Å². The lowest BCUT2D eigenvalue weighted by molar-refractivity contribution is 0.0933. The van der Waals surface area contributed by atoms with Crippen LogP contribution in [0.1, 0.15) is 27.0 Å². The van der Waals surface area contributed by atoms with Gasteiger partial charge in [-0.3, -0.25) is 4.79 Å². The van der Waals surface area contributed by atoms with E-state index in [1.54, 1.807) is 17.4 Å². The molecular weight excluding hydrogens is 334 g/mol. The third kappa shape index (κ3) is 4.15. The molecular formula is C19H21N3O2S. The van der Waals surface area contributed by atoms with E-state index >= 15 is 0 Å². The number of nitrogens with one attached hydrogen (secondary N) is 1. The largest absolute Gasteiger partial charge is 0.355 e. The lowest BCUT2D eigenvalue weighted by Crippen LogP contribution is -2.34. The molecule has 0 aliphatic carbocycles. The van der Waals surface area contributed by atoms with Gasteiger partial charge in [0.15, 0.2) is 11.5 Å². The second-order valence-electron chi connectivity index (χ2n) is 6.15. The van der Waals surface area contributed by atoms with Crippen molar-refractivity contribution in [2.75, 3.05) is 20.6 Å². The standard InChI is InChI=1S/C19H21N3O2S/c1-13-6-8-14(9-7-13)17-11-15(21-24-17)19(23)20-12-16(22(2)3)18-5-4-10-25-18/h4-11,16H,12H2,1-3H3,(H,20,23)/t16-/m1/s1. The van der Waals surface area contributed by atoms with Crippen LogP contribution >= 0.6 is 11.3 Å². The molecule has 0 aliphatic rings. The van der Waals surface area contributed by atoms with Crippen LogP contribution in [-0.4, -0.2) is 36.6 Å². The number of benzene rings is 1. The molecule has 1 N–H and O–H groups in total. The molecule has 130 valence electrons. The van der Waals surface area contributed by atoms with E-state index in [9.17, 15) is 4.79 Å². The predicted octanol–water partition coefficient (Wildman–Crippen LogP) is 3.74. The normalized spacial score (nSPS) is 12.3. The second-order valence-corrected chi connectivity index (χ2v) is 7.13. The predicted molar refractivity (Wildman–Crippen MR) is 99.8 cm³/mol. The SMILES string of the molecule is Cc1ccc(-c2cc(C(=O)NC[C@H](c3cccs3)N(C)C)no2)cc1. The molecule has 1 atom stereocenters. The lowest BCUT2D eigenvalue weighted by atomic mass is 10.1. The third-order valence-electron chi connectivity index (χ3n) is 4.03. The van der Waals surface area contributed by atoms with Crippen molar-refractivity contribution < 1.29 is 9.32 Å². The molecule has 2 heterocycles. The lowest BCUT2D eigenvalue weighted by Gasteiger charge is -2.23.